The normalized spacial score (nSPS) is 10.2. The molecule has 0 aliphatic heterocycles. The van der Waals surface area contributed by atoms with Crippen LogP contribution in [0.2, 0.25) is 0 Å². The lowest BCUT2D eigenvalue weighted by molar-refractivity contribution is -0.136. The van der Waals surface area contributed by atoms with E-state index in [2.05, 4.69) is 0 Å². The van der Waals surface area contributed by atoms with E-state index in [9.17, 15) is 9.59 Å². The molecule has 126 valence electrons. The maximum atomic E-state index is 12.0. The topological polar surface area (TPSA) is 52.6 Å². The maximum absolute atomic E-state index is 12.0. The molecule has 0 fully saturated rings. The van der Waals surface area contributed by atoms with Gasteiger partial charge < -0.3 is 9.47 Å². The van der Waals surface area contributed by atoms with Gasteiger partial charge in [-0.3, -0.25) is 9.59 Å². The highest BCUT2D eigenvalue weighted by molar-refractivity contribution is 6.37. The predicted octanol–water partition coefficient (Wildman–Crippen LogP) is 3.41. The van der Waals surface area contributed by atoms with Crippen LogP contribution in [-0.2, 0) is 22.4 Å². The number of benzene rings is 2. The monoisotopic (exact) mass is 326 g/mol. The molecular weight excluding hydrogens is 304 g/mol. The maximum Gasteiger partial charge on any atom is 0.202 e. The number of Topliss-reactive ketones (excluding diaryl/α,β-unsaturated/α-hetero) is 2. The Kier molecular flexibility index (Phi) is 6.55. The molecule has 0 heterocycles. The second-order valence-electron chi connectivity index (χ2n) is 5.57. The van der Waals surface area contributed by atoms with E-state index in [1.165, 1.54) is 0 Å². The highest BCUT2D eigenvalue weighted by Crippen LogP contribution is 2.14. The first-order valence-corrected chi connectivity index (χ1v) is 7.94. The Labute approximate surface area is 142 Å². The highest BCUT2D eigenvalue weighted by atomic mass is 16.5. The zero-order valence-corrected chi connectivity index (χ0v) is 14.1. The van der Waals surface area contributed by atoms with Gasteiger partial charge in [-0.2, -0.15) is 0 Å². The quantitative estimate of drug-likeness (QED) is 0.663. The van der Waals surface area contributed by atoms with E-state index in [1.807, 2.05) is 24.3 Å². The Morgan fingerprint density at radius 3 is 1.75 bits per heavy atom. The number of rotatable bonds is 9. The molecule has 2 aromatic rings. The average Bonchev–Trinajstić information content (AvgIpc) is 2.62. The SMILES string of the molecule is COc1ccc(CCCC(=O)C(=O)Cc2ccc(OC)cc2)cc1. The van der Waals surface area contributed by atoms with Gasteiger partial charge in [-0.05, 0) is 48.2 Å². The van der Waals surface area contributed by atoms with Gasteiger partial charge >= 0.3 is 0 Å². The first kappa shape index (κ1) is 17.7. The lowest BCUT2D eigenvalue weighted by atomic mass is 10.0. The molecule has 4 nitrogen and oxygen atoms in total. The van der Waals surface area contributed by atoms with Crippen LogP contribution in [0.15, 0.2) is 48.5 Å². The summed E-state index contributed by atoms with van der Waals surface area (Å²) >= 11 is 0. The van der Waals surface area contributed by atoms with Crippen LogP contribution in [0.4, 0.5) is 0 Å². The summed E-state index contributed by atoms with van der Waals surface area (Å²) in [7, 11) is 3.22. The smallest absolute Gasteiger partial charge is 0.202 e. The summed E-state index contributed by atoms with van der Waals surface area (Å²) < 4.78 is 10.2. The van der Waals surface area contributed by atoms with Crippen molar-refractivity contribution < 1.29 is 19.1 Å². The molecule has 0 saturated heterocycles. The van der Waals surface area contributed by atoms with Gasteiger partial charge in [0.25, 0.3) is 0 Å². The number of carbonyl (C=O) groups is 2. The van der Waals surface area contributed by atoms with Gasteiger partial charge in [-0.25, -0.2) is 0 Å². The van der Waals surface area contributed by atoms with Crippen molar-refractivity contribution in [2.75, 3.05) is 14.2 Å². The Morgan fingerprint density at radius 1 is 0.750 bits per heavy atom. The van der Waals surface area contributed by atoms with Crippen molar-refractivity contribution in [3.05, 3.63) is 59.7 Å². The fourth-order valence-corrected chi connectivity index (χ4v) is 2.41. The Bertz CT molecular complexity index is 672. The van der Waals surface area contributed by atoms with Crippen LogP contribution in [0, 0.1) is 0 Å². The summed E-state index contributed by atoms with van der Waals surface area (Å²) in [4.78, 5) is 24.0. The minimum absolute atomic E-state index is 0.144. The van der Waals surface area contributed by atoms with Crippen molar-refractivity contribution in [2.45, 2.75) is 25.7 Å². The number of hydrogen-bond acceptors (Lipinski definition) is 4. The van der Waals surface area contributed by atoms with Crippen molar-refractivity contribution in [1.82, 2.24) is 0 Å². The van der Waals surface area contributed by atoms with E-state index in [4.69, 9.17) is 9.47 Å². The Hall–Kier alpha value is -2.62. The summed E-state index contributed by atoms with van der Waals surface area (Å²) in [6.07, 6.45) is 1.86. The van der Waals surface area contributed by atoms with Gasteiger partial charge in [0.15, 0.2) is 5.78 Å². The number of methoxy groups -OCH3 is 2. The summed E-state index contributed by atoms with van der Waals surface area (Å²) in [5.41, 5.74) is 1.95. The molecule has 0 unspecified atom stereocenters. The van der Waals surface area contributed by atoms with Crippen LogP contribution >= 0.6 is 0 Å². The highest BCUT2D eigenvalue weighted by Gasteiger charge is 2.14. The minimum Gasteiger partial charge on any atom is -0.497 e. The summed E-state index contributed by atoms with van der Waals surface area (Å²) in [6.45, 7) is 0. The van der Waals surface area contributed by atoms with E-state index in [0.29, 0.717) is 6.42 Å². The van der Waals surface area contributed by atoms with Gasteiger partial charge in [0, 0.05) is 12.8 Å². The fraction of sp³-hybridized carbons (Fsp3) is 0.300. The molecule has 0 radical (unpaired) electrons. The van der Waals surface area contributed by atoms with E-state index in [0.717, 1.165) is 29.0 Å². The fourth-order valence-electron chi connectivity index (χ4n) is 2.41. The zero-order valence-electron chi connectivity index (χ0n) is 14.1. The number of ether oxygens (including phenoxy) is 2. The predicted molar refractivity (Wildman–Crippen MR) is 92.6 cm³/mol. The number of carbonyl (C=O) groups excluding carboxylic acids is 2. The van der Waals surface area contributed by atoms with Crippen molar-refractivity contribution in [3.63, 3.8) is 0 Å². The number of aryl methyl sites for hydroxylation is 1. The lowest BCUT2D eigenvalue weighted by Crippen LogP contribution is -2.16. The molecule has 0 N–H and O–H groups in total. The molecule has 0 aromatic heterocycles. The molecule has 0 aliphatic rings. The number of hydrogen-bond donors (Lipinski definition) is 0. The summed E-state index contributed by atoms with van der Waals surface area (Å²) in [5, 5.41) is 0. The van der Waals surface area contributed by atoms with Crippen molar-refractivity contribution >= 4 is 11.6 Å². The van der Waals surface area contributed by atoms with Crippen LogP contribution in [0.5, 0.6) is 11.5 Å². The first-order valence-electron chi connectivity index (χ1n) is 7.94. The van der Waals surface area contributed by atoms with Gasteiger partial charge in [0.05, 0.1) is 14.2 Å². The van der Waals surface area contributed by atoms with E-state index in [-0.39, 0.29) is 24.4 Å². The lowest BCUT2D eigenvalue weighted by Gasteiger charge is -2.04. The largest absolute Gasteiger partial charge is 0.497 e. The van der Waals surface area contributed by atoms with Crippen molar-refractivity contribution in [3.8, 4) is 11.5 Å². The molecule has 0 amide bonds. The van der Waals surface area contributed by atoms with E-state index >= 15 is 0 Å². The molecule has 24 heavy (non-hydrogen) atoms. The number of ketones is 2. The molecular formula is C20H22O4. The van der Waals surface area contributed by atoms with Crippen molar-refractivity contribution in [2.24, 2.45) is 0 Å². The van der Waals surface area contributed by atoms with Gasteiger partial charge in [-0.15, -0.1) is 0 Å². The van der Waals surface area contributed by atoms with E-state index in [1.54, 1.807) is 38.5 Å². The van der Waals surface area contributed by atoms with Crippen molar-refractivity contribution in [1.29, 1.82) is 0 Å². The molecule has 0 aliphatic carbocycles. The standard InChI is InChI=1S/C20H22O4/c1-23-17-10-6-15(7-11-17)4-3-5-19(21)20(22)14-16-8-12-18(24-2)13-9-16/h6-13H,3-5,14H2,1-2H3. The summed E-state index contributed by atoms with van der Waals surface area (Å²) in [6, 6.07) is 14.9. The third-order valence-corrected chi connectivity index (χ3v) is 3.86. The minimum atomic E-state index is -0.338. The Balaban J connectivity index is 1.77. The molecule has 0 spiro atoms. The second kappa shape index (κ2) is 8.87. The first-order chi connectivity index (χ1) is 11.6. The molecule has 0 atom stereocenters. The third kappa shape index (κ3) is 5.23. The van der Waals surface area contributed by atoms with Gasteiger partial charge in [-0.1, -0.05) is 24.3 Å². The molecule has 0 saturated carbocycles. The van der Waals surface area contributed by atoms with Gasteiger partial charge in [0.1, 0.15) is 11.5 Å². The van der Waals surface area contributed by atoms with Crippen LogP contribution in [0.3, 0.4) is 0 Å². The molecule has 2 rings (SSSR count). The van der Waals surface area contributed by atoms with Gasteiger partial charge in [0.2, 0.25) is 5.78 Å². The van der Waals surface area contributed by atoms with E-state index < -0.39 is 0 Å². The second-order valence-corrected chi connectivity index (χ2v) is 5.57. The molecule has 0 bridgehead atoms. The molecule has 2 aromatic carbocycles. The van der Waals surface area contributed by atoms with Crippen LogP contribution in [0.1, 0.15) is 24.0 Å². The average molecular weight is 326 g/mol. The Morgan fingerprint density at radius 2 is 1.25 bits per heavy atom. The molecule has 4 heteroatoms. The zero-order chi connectivity index (χ0) is 17.4. The van der Waals surface area contributed by atoms with Crippen LogP contribution in [-0.4, -0.2) is 25.8 Å². The summed E-state index contributed by atoms with van der Waals surface area (Å²) in [5.74, 6) is 0.899. The van der Waals surface area contributed by atoms with Crippen LogP contribution in [0.25, 0.3) is 0 Å². The third-order valence-electron chi connectivity index (χ3n) is 3.86. The van der Waals surface area contributed by atoms with Crippen LogP contribution < -0.4 is 9.47 Å².